The van der Waals surface area contributed by atoms with Crippen LogP contribution in [0, 0.1) is 0 Å². The maximum absolute atomic E-state index is 13.7. The molecule has 3 heterocycles. The number of nitrogens with one attached hydrogen (secondary N) is 2. The van der Waals surface area contributed by atoms with Crippen LogP contribution in [0.1, 0.15) is 18.5 Å². The van der Waals surface area contributed by atoms with Crippen molar-refractivity contribution < 1.29 is 14.3 Å². The van der Waals surface area contributed by atoms with Crippen LogP contribution in [-0.2, 0) is 4.79 Å². The Hall–Kier alpha value is -4.11. The molecule has 0 radical (unpaired) electrons. The molecule has 1 aliphatic rings. The summed E-state index contributed by atoms with van der Waals surface area (Å²) in [5.41, 5.74) is 2.57. The molecule has 0 saturated heterocycles. The lowest BCUT2D eigenvalue weighted by atomic mass is 9.94. The number of nitrogens with zero attached hydrogens (tertiary/aromatic N) is 3. The number of methoxy groups -OCH3 is 2. The quantitative estimate of drug-likeness (QED) is 0.412. The second kappa shape index (κ2) is 9.03. The lowest BCUT2D eigenvalue weighted by molar-refractivity contribution is -0.113. The van der Waals surface area contributed by atoms with Crippen molar-refractivity contribution >= 4 is 28.9 Å². The number of fused-ring (bicyclic) bond motifs is 1. The van der Waals surface area contributed by atoms with E-state index in [1.54, 1.807) is 42.4 Å². The highest BCUT2D eigenvalue weighted by Gasteiger charge is 2.36. The molecule has 4 aromatic rings. The third-order valence-corrected chi connectivity index (χ3v) is 6.49. The van der Waals surface area contributed by atoms with Crippen molar-refractivity contribution in [2.75, 3.05) is 24.9 Å². The predicted molar refractivity (Wildman–Crippen MR) is 132 cm³/mol. The van der Waals surface area contributed by atoms with Gasteiger partial charge in [-0.3, -0.25) is 4.79 Å². The summed E-state index contributed by atoms with van der Waals surface area (Å²) in [6.07, 6.45) is 0. The summed E-state index contributed by atoms with van der Waals surface area (Å²) in [6, 6.07) is 18.3. The largest absolute Gasteiger partial charge is 0.496 e. The van der Waals surface area contributed by atoms with Crippen LogP contribution >= 0.6 is 11.3 Å². The predicted octanol–water partition coefficient (Wildman–Crippen LogP) is 4.95. The number of anilines is 2. The van der Waals surface area contributed by atoms with Crippen molar-refractivity contribution in [2.24, 2.45) is 0 Å². The molecular formula is C25H23N5O3S. The van der Waals surface area contributed by atoms with E-state index >= 15 is 0 Å². The van der Waals surface area contributed by atoms with Gasteiger partial charge < -0.3 is 20.1 Å². The molecule has 5 rings (SSSR count). The first kappa shape index (κ1) is 21.7. The number of benzene rings is 2. The zero-order valence-corrected chi connectivity index (χ0v) is 19.7. The lowest BCUT2D eigenvalue weighted by Gasteiger charge is -2.29. The normalized spacial score (nSPS) is 14.9. The monoisotopic (exact) mass is 473 g/mol. The zero-order valence-electron chi connectivity index (χ0n) is 18.9. The van der Waals surface area contributed by atoms with Crippen molar-refractivity contribution in [3.05, 3.63) is 82.9 Å². The molecule has 0 bridgehead atoms. The molecule has 2 aromatic carbocycles. The van der Waals surface area contributed by atoms with E-state index < -0.39 is 6.04 Å². The van der Waals surface area contributed by atoms with Gasteiger partial charge in [-0.1, -0.05) is 36.4 Å². The van der Waals surface area contributed by atoms with E-state index in [-0.39, 0.29) is 5.91 Å². The Kier molecular flexibility index (Phi) is 5.77. The van der Waals surface area contributed by atoms with Gasteiger partial charge in [-0.25, -0.2) is 4.68 Å². The second-order valence-corrected chi connectivity index (χ2v) is 8.59. The van der Waals surface area contributed by atoms with Gasteiger partial charge in [0.25, 0.3) is 5.91 Å². The topological polar surface area (TPSA) is 90.3 Å². The fourth-order valence-corrected chi connectivity index (χ4v) is 4.73. The number of ether oxygens (including phenoxy) is 2. The van der Waals surface area contributed by atoms with Crippen LogP contribution in [0.4, 0.5) is 11.6 Å². The van der Waals surface area contributed by atoms with E-state index in [1.165, 1.54) is 0 Å². The summed E-state index contributed by atoms with van der Waals surface area (Å²) in [5, 5.41) is 13.0. The van der Waals surface area contributed by atoms with Crippen LogP contribution in [0.5, 0.6) is 11.5 Å². The first-order chi connectivity index (χ1) is 16.6. The number of aromatic nitrogens is 3. The third-order valence-electron chi connectivity index (χ3n) is 5.63. The highest BCUT2D eigenvalue weighted by molar-refractivity contribution is 7.13. The summed E-state index contributed by atoms with van der Waals surface area (Å²) < 4.78 is 12.8. The number of allylic oxidation sites excluding steroid dienone is 1. The van der Waals surface area contributed by atoms with Crippen molar-refractivity contribution in [1.29, 1.82) is 0 Å². The van der Waals surface area contributed by atoms with Gasteiger partial charge in [0.05, 0.1) is 30.4 Å². The number of thiophene rings is 1. The number of para-hydroxylation sites is 3. The number of amides is 1. The zero-order chi connectivity index (χ0) is 23.7. The minimum atomic E-state index is -0.552. The molecule has 1 aliphatic heterocycles. The highest BCUT2D eigenvalue weighted by Crippen LogP contribution is 2.40. The van der Waals surface area contributed by atoms with Crippen molar-refractivity contribution in [3.63, 3.8) is 0 Å². The second-order valence-electron chi connectivity index (χ2n) is 7.64. The van der Waals surface area contributed by atoms with Crippen LogP contribution < -0.4 is 20.1 Å². The molecule has 172 valence electrons. The number of hydrogen-bond donors (Lipinski definition) is 2. The van der Waals surface area contributed by atoms with Crippen LogP contribution in [0.15, 0.2) is 77.3 Å². The minimum Gasteiger partial charge on any atom is -0.496 e. The van der Waals surface area contributed by atoms with E-state index in [0.717, 1.165) is 10.4 Å². The number of carbonyl (C=O) groups is 1. The summed E-state index contributed by atoms with van der Waals surface area (Å²) >= 11 is 1.56. The minimum absolute atomic E-state index is 0.274. The van der Waals surface area contributed by atoms with Gasteiger partial charge in [0.1, 0.15) is 17.5 Å². The molecule has 2 aromatic heterocycles. The average Bonchev–Trinajstić information content (AvgIpc) is 3.53. The van der Waals surface area contributed by atoms with Gasteiger partial charge in [0.15, 0.2) is 5.82 Å². The van der Waals surface area contributed by atoms with Crippen LogP contribution in [0.3, 0.4) is 0 Å². The first-order valence-corrected chi connectivity index (χ1v) is 11.5. The Balaban J connectivity index is 1.63. The molecule has 9 heteroatoms. The number of carbonyl (C=O) groups excluding carboxylic acids is 1. The van der Waals surface area contributed by atoms with E-state index in [0.29, 0.717) is 40.2 Å². The highest BCUT2D eigenvalue weighted by atomic mass is 32.1. The molecule has 8 nitrogen and oxygen atoms in total. The third kappa shape index (κ3) is 3.80. The Bertz CT molecular complexity index is 1380. The van der Waals surface area contributed by atoms with Crippen LogP contribution in [0.2, 0.25) is 0 Å². The van der Waals surface area contributed by atoms with Gasteiger partial charge in [-0.15, -0.1) is 16.4 Å². The maximum atomic E-state index is 13.7. The lowest BCUT2D eigenvalue weighted by Crippen LogP contribution is -2.31. The Morgan fingerprint density at radius 1 is 1.03 bits per heavy atom. The van der Waals surface area contributed by atoms with Crippen LogP contribution in [-0.4, -0.2) is 34.9 Å². The van der Waals surface area contributed by atoms with Crippen molar-refractivity contribution in [1.82, 2.24) is 14.8 Å². The Labute approximate surface area is 200 Å². The Morgan fingerprint density at radius 3 is 2.50 bits per heavy atom. The van der Waals surface area contributed by atoms with Gasteiger partial charge in [0, 0.05) is 11.3 Å². The van der Waals surface area contributed by atoms with E-state index in [1.807, 2.05) is 60.8 Å². The Morgan fingerprint density at radius 2 is 1.76 bits per heavy atom. The first-order valence-electron chi connectivity index (χ1n) is 10.7. The summed E-state index contributed by atoms with van der Waals surface area (Å²) in [6.45, 7) is 1.86. The smallest absolute Gasteiger partial charge is 0.255 e. The summed E-state index contributed by atoms with van der Waals surface area (Å²) in [7, 11) is 3.19. The number of rotatable bonds is 6. The maximum Gasteiger partial charge on any atom is 0.255 e. The molecular weight excluding hydrogens is 450 g/mol. The van der Waals surface area contributed by atoms with Gasteiger partial charge in [0.2, 0.25) is 5.95 Å². The fourth-order valence-electron chi connectivity index (χ4n) is 4.07. The SMILES string of the molecule is COc1ccccc1NC(=O)C1=C(C)Nc2nc(-c3cccs3)nn2[C@H]1c1ccccc1OC. The molecule has 0 fully saturated rings. The molecule has 1 amide bonds. The van der Waals surface area contributed by atoms with E-state index in [9.17, 15) is 4.79 Å². The average molecular weight is 474 g/mol. The molecule has 0 aliphatic carbocycles. The summed E-state index contributed by atoms with van der Waals surface area (Å²) in [4.78, 5) is 19.4. The molecule has 1 atom stereocenters. The van der Waals surface area contributed by atoms with E-state index in [4.69, 9.17) is 19.6 Å². The van der Waals surface area contributed by atoms with Crippen molar-refractivity contribution in [2.45, 2.75) is 13.0 Å². The summed E-state index contributed by atoms with van der Waals surface area (Å²) in [5.74, 6) is 2.11. The molecule has 0 saturated carbocycles. The standard InChI is InChI=1S/C25H23N5O3S/c1-15-21(24(31)27-17-10-5-7-12-19(17)33-3)22(16-9-4-6-11-18(16)32-2)30-25(26-15)28-23(29-30)20-13-8-14-34-20/h4-14,22H,1-3H3,(H,27,31)(H,26,28,29)/t22-/m0/s1. The fraction of sp³-hybridized carbons (Fsp3) is 0.160. The molecule has 34 heavy (non-hydrogen) atoms. The van der Waals surface area contributed by atoms with Gasteiger partial charge in [-0.05, 0) is 36.6 Å². The van der Waals surface area contributed by atoms with Crippen LogP contribution in [0.25, 0.3) is 10.7 Å². The molecule has 2 N–H and O–H groups in total. The number of hydrogen-bond acceptors (Lipinski definition) is 7. The molecule has 0 spiro atoms. The van der Waals surface area contributed by atoms with Gasteiger partial charge >= 0.3 is 0 Å². The molecule has 0 unspecified atom stereocenters. The van der Waals surface area contributed by atoms with Crippen molar-refractivity contribution in [3.8, 4) is 22.2 Å². The van der Waals surface area contributed by atoms with E-state index in [2.05, 4.69) is 10.6 Å². The van der Waals surface area contributed by atoms with Gasteiger partial charge in [-0.2, -0.15) is 4.98 Å².